The molecule has 0 N–H and O–H groups in total. The second kappa shape index (κ2) is 6.98. The van der Waals surface area contributed by atoms with Crippen molar-refractivity contribution in [2.24, 2.45) is 4.99 Å². The van der Waals surface area contributed by atoms with Gasteiger partial charge < -0.3 is 4.57 Å². The summed E-state index contributed by atoms with van der Waals surface area (Å²) in [4.78, 5) is 27.7. The van der Waals surface area contributed by atoms with Gasteiger partial charge in [0, 0.05) is 24.2 Å². The van der Waals surface area contributed by atoms with Crippen LogP contribution in [0, 0.1) is 17.0 Å². The van der Waals surface area contributed by atoms with Crippen LogP contribution in [0.25, 0.3) is 10.2 Å². The maximum absolute atomic E-state index is 12.5. The Kier molecular flexibility index (Phi) is 4.76. The third-order valence-electron chi connectivity index (χ3n) is 3.79. The van der Waals surface area contributed by atoms with Gasteiger partial charge in [0.2, 0.25) is 0 Å². The van der Waals surface area contributed by atoms with Gasteiger partial charge >= 0.3 is 0 Å². The van der Waals surface area contributed by atoms with E-state index < -0.39 is 10.8 Å². The Bertz CT molecular complexity index is 1030. The van der Waals surface area contributed by atoms with E-state index in [1.54, 1.807) is 6.07 Å². The minimum absolute atomic E-state index is 0.116. The monoisotopic (exact) mass is 355 g/mol. The number of rotatable bonds is 4. The lowest BCUT2D eigenvalue weighted by atomic mass is 10.2. The molecule has 7 heteroatoms. The minimum Gasteiger partial charge on any atom is -0.316 e. The maximum atomic E-state index is 12.5. The number of amides is 1. The highest BCUT2D eigenvalue weighted by Gasteiger charge is 2.12. The Hall–Kier alpha value is -2.80. The lowest BCUT2D eigenvalue weighted by molar-refractivity contribution is -0.384. The number of carbonyl (C=O) groups is 1. The summed E-state index contributed by atoms with van der Waals surface area (Å²) in [5, 5.41) is 10.9. The number of nitrogens with zero attached hydrogens (tertiary/aromatic N) is 3. The number of fused-ring (bicyclic) bond motifs is 1. The predicted octanol–water partition coefficient (Wildman–Crippen LogP) is 4.07. The number of nitro benzene ring substituents is 1. The van der Waals surface area contributed by atoms with E-state index in [0.717, 1.165) is 28.7 Å². The first-order valence-corrected chi connectivity index (χ1v) is 8.74. The van der Waals surface area contributed by atoms with Crippen molar-refractivity contribution in [1.82, 2.24) is 4.57 Å². The Labute approximate surface area is 148 Å². The van der Waals surface area contributed by atoms with Crippen LogP contribution in [0.4, 0.5) is 5.69 Å². The number of carbonyl (C=O) groups excluding carboxylic acids is 1. The molecule has 0 aliphatic heterocycles. The van der Waals surface area contributed by atoms with Crippen LogP contribution in [0.2, 0.25) is 0 Å². The van der Waals surface area contributed by atoms with E-state index in [-0.39, 0.29) is 11.3 Å². The van der Waals surface area contributed by atoms with Crippen molar-refractivity contribution in [3.63, 3.8) is 0 Å². The molecule has 0 aliphatic rings. The van der Waals surface area contributed by atoms with Gasteiger partial charge in [-0.3, -0.25) is 14.9 Å². The molecule has 25 heavy (non-hydrogen) atoms. The molecule has 3 aromatic rings. The molecule has 0 saturated carbocycles. The fourth-order valence-electron chi connectivity index (χ4n) is 2.61. The highest BCUT2D eigenvalue weighted by molar-refractivity contribution is 7.16. The molecular formula is C18H17N3O3S. The number of benzene rings is 2. The van der Waals surface area contributed by atoms with Crippen molar-refractivity contribution in [1.29, 1.82) is 0 Å². The van der Waals surface area contributed by atoms with Gasteiger partial charge in [-0.05, 0) is 37.1 Å². The molecule has 0 spiro atoms. The summed E-state index contributed by atoms with van der Waals surface area (Å²) in [6, 6.07) is 11.8. The largest absolute Gasteiger partial charge is 0.316 e. The molecule has 0 unspecified atom stereocenters. The zero-order valence-electron chi connectivity index (χ0n) is 13.9. The summed E-state index contributed by atoms with van der Waals surface area (Å²) in [6.07, 6.45) is 0.915. The molecule has 3 rings (SSSR count). The molecule has 6 nitrogen and oxygen atoms in total. The topological polar surface area (TPSA) is 77.5 Å². The number of hydrogen-bond acceptors (Lipinski definition) is 4. The summed E-state index contributed by atoms with van der Waals surface area (Å²) >= 11 is 1.45. The second-order valence-corrected chi connectivity index (χ2v) is 6.74. The summed E-state index contributed by atoms with van der Waals surface area (Å²) < 4.78 is 3.09. The average molecular weight is 355 g/mol. The third kappa shape index (κ3) is 3.51. The quantitative estimate of drug-likeness (QED) is 0.523. The van der Waals surface area contributed by atoms with E-state index in [0.29, 0.717) is 4.80 Å². The highest BCUT2D eigenvalue weighted by atomic mass is 32.1. The van der Waals surface area contributed by atoms with E-state index >= 15 is 0 Å². The Morgan fingerprint density at radius 1 is 1.28 bits per heavy atom. The number of aryl methyl sites for hydroxylation is 2. The molecule has 0 fully saturated rings. The number of thiazole rings is 1. The van der Waals surface area contributed by atoms with Crippen LogP contribution < -0.4 is 4.80 Å². The smallest absolute Gasteiger partial charge is 0.279 e. The standard InChI is InChI=1S/C18H17N3O3S/c1-3-9-20-15-8-7-12(2)10-16(15)25-18(20)19-17(22)13-5-4-6-14(11-13)21(23)24/h4-8,10-11H,3,9H2,1-2H3. The molecule has 1 amide bonds. The van der Waals surface area contributed by atoms with Gasteiger partial charge in [-0.1, -0.05) is 30.4 Å². The molecule has 0 bridgehead atoms. The van der Waals surface area contributed by atoms with E-state index in [9.17, 15) is 14.9 Å². The zero-order chi connectivity index (χ0) is 18.0. The molecule has 0 radical (unpaired) electrons. The van der Waals surface area contributed by atoms with Crippen LogP contribution in [0.5, 0.6) is 0 Å². The van der Waals surface area contributed by atoms with Crippen molar-refractivity contribution in [3.05, 3.63) is 68.5 Å². The minimum atomic E-state index is -0.518. The van der Waals surface area contributed by atoms with Crippen LogP contribution in [-0.2, 0) is 6.54 Å². The maximum Gasteiger partial charge on any atom is 0.279 e. The second-order valence-electron chi connectivity index (χ2n) is 5.73. The van der Waals surface area contributed by atoms with Gasteiger partial charge in [-0.2, -0.15) is 4.99 Å². The fourth-order valence-corrected chi connectivity index (χ4v) is 3.76. The van der Waals surface area contributed by atoms with Crippen molar-refractivity contribution in [2.75, 3.05) is 0 Å². The van der Waals surface area contributed by atoms with Crippen molar-refractivity contribution < 1.29 is 9.72 Å². The van der Waals surface area contributed by atoms with Crippen molar-refractivity contribution in [2.45, 2.75) is 26.8 Å². The van der Waals surface area contributed by atoms with Crippen LogP contribution >= 0.6 is 11.3 Å². The van der Waals surface area contributed by atoms with Crippen molar-refractivity contribution in [3.8, 4) is 0 Å². The third-order valence-corrected chi connectivity index (χ3v) is 4.83. The van der Waals surface area contributed by atoms with Gasteiger partial charge in [0.25, 0.3) is 11.6 Å². The molecule has 1 heterocycles. The first kappa shape index (κ1) is 17.0. The van der Waals surface area contributed by atoms with Crippen LogP contribution in [0.1, 0.15) is 29.3 Å². The number of hydrogen-bond donors (Lipinski definition) is 0. The molecule has 0 aliphatic carbocycles. The van der Waals surface area contributed by atoms with Crippen LogP contribution in [0.3, 0.4) is 0 Å². The van der Waals surface area contributed by atoms with Crippen LogP contribution in [-0.4, -0.2) is 15.4 Å². The van der Waals surface area contributed by atoms with E-state index in [1.165, 1.54) is 29.5 Å². The number of non-ortho nitro benzene ring substituents is 1. The first-order valence-electron chi connectivity index (χ1n) is 7.93. The molecule has 0 saturated heterocycles. The highest BCUT2D eigenvalue weighted by Crippen LogP contribution is 2.20. The van der Waals surface area contributed by atoms with Gasteiger partial charge in [-0.15, -0.1) is 0 Å². The Balaban J connectivity index is 2.11. The van der Waals surface area contributed by atoms with E-state index in [1.807, 2.05) is 23.6 Å². The van der Waals surface area contributed by atoms with E-state index in [4.69, 9.17) is 0 Å². The van der Waals surface area contributed by atoms with Crippen molar-refractivity contribution >= 4 is 33.1 Å². The Morgan fingerprint density at radius 3 is 2.80 bits per heavy atom. The summed E-state index contributed by atoms with van der Waals surface area (Å²) in [7, 11) is 0. The number of aromatic nitrogens is 1. The summed E-state index contributed by atoms with van der Waals surface area (Å²) in [5.74, 6) is -0.475. The van der Waals surface area contributed by atoms with Gasteiger partial charge in [0.1, 0.15) is 0 Å². The zero-order valence-corrected chi connectivity index (χ0v) is 14.7. The average Bonchev–Trinajstić information content (AvgIpc) is 2.91. The molecule has 1 aromatic heterocycles. The molecule has 128 valence electrons. The van der Waals surface area contributed by atoms with Gasteiger partial charge in [0.15, 0.2) is 4.80 Å². The Morgan fingerprint density at radius 2 is 2.08 bits per heavy atom. The summed E-state index contributed by atoms with van der Waals surface area (Å²) in [5.41, 5.74) is 2.29. The normalized spacial score (nSPS) is 11.8. The molecule has 2 aromatic carbocycles. The van der Waals surface area contributed by atoms with E-state index in [2.05, 4.69) is 18.0 Å². The molecular weight excluding hydrogens is 338 g/mol. The SMILES string of the molecule is CCCn1c(=NC(=O)c2cccc([N+](=O)[O-])c2)sc2cc(C)ccc21. The number of nitro groups is 1. The lowest BCUT2D eigenvalue weighted by Crippen LogP contribution is -2.16. The summed E-state index contributed by atoms with van der Waals surface area (Å²) in [6.45, 7) is 4.84. The van der Waals surface area contributed by atoms with Crippen LogP contribution in [0.15, 0.2) is 47.5 Å². The molecule has 0 atom stereocenters. The fraction of sp³-hybridized carbons (Fsp3) is 0.222. The predicted molar refractivity (Wildman–Crippen MR) is 97.8 cm³/mol. The first-order chi connectivity index (χ1) is 12.0. The van der Waals surface area contributed by atoms with Gasteiger partial charge in [0.05, 0.1) is 15.1 Å². The lowest BCUT2D eigenvalue weighted by Gasteiger charge is -2.02. The van der Waals surface area contributed by atoms with Gasteiger partial charge in [-0.25, -0.2) is 0 Å².